The number of aliphatic hydroxyl groups excluding tert-OH is 1. The summed E-state index contributed by atoms with van der Waals surface area (Å²) in [4.78, 5) is 11.8. The van der Waals surface area contributed by atoms with Gasteiger partial charge in [-0.3, -0.25) is 4.79 Å². The number of aliphatic hydroxyl groups is 1. The number of carbonyl (C=O) groups is 1. The number of rotatable bonds is 5. The molecule has 22 heavy (non-hydrogen) atoms. The molecular weight excluding hydrogens is 292 g/mol. The van der Waals surface area contributed by atoms with Crippen molar-refractivity contribution < 1.29 is 23.4 Å². The zero-order chi connectivity index (χ0) is 16.1. The lowest BCUT2D eigenvalue weighted by molar-refractivity contribution is 0.0911. The van der Waals surface area contributed by atoms with Crippen LogP contribution in [0.15, 0.2) is 42.5 Å². The monoisotopic (exact) mass is 307 g/mol. The Hall–Kier alpha value is -2.47. The Balaban J connectivity index is 2.02. The fourth-order valence-electron chi connectivity index (χ4n) is 1.93. The maximum atomic E-state index is 13.5. The lowest BCUT2D eigenvalue weighted by Crippen LogP contribution is -2.29. The zero-order valence-electron chi connectivity index (χ0n) is 11.8. The first-order valence-corrected chi connectivity index (χ1v) is 6.57. The van der Waals surface area contributed by atoms with Gasteiger partial charge in [0.15, 0.2) is 11.6 Å². The van der Waals surface area contributed by atoms with Crippen molar-refractivity contribution in [3.8, 4) is 5.75 Å². The van der Waals surface area contributed by atoms with Gasteiger partial charge in [0.25, 0.3) is 5.91 Å². The van der Waals surface area contributed by atoms with Gasteiger partial charge in [-0.05, 0) is 29.8 Å². The van der Waals surface area contributed by atoms with E-state index in [0.717, 1.165) is 6.07 Å². The third-order valence-corrected chi connectivity index (χ3v) is 3.13. The van der Waals surface area contributed by atoms with E-state index in [1.807, 2.05) is 0 Å². The zero-order valence-corrected chi connectivity index (χ0v) is 11.8. The van der Waals surface area contributed by atoms with E-state index in [1.54, 1.807) is 24.3 Å². The second-order valence-corrected chi connectivity index (χ2v) is 4.60. The molecule has 0 fully saturated rings. The van der Waals surface area contributed by atoms with Crippen LogP contribution in [0.3, 0.4) is 0 Å². The molecule has 2 N–H and O–H groups in total. The molecule has 1 unspecified atom stereocenters. The van der Waals surface area contributed by atoms with Gasteiger partial charge in [0.1, 0.15) is 5.75 Å². The highest BCUT2D eigenvalue weighted by Crippen LogP contribution is 2.19. The maximum absolute atomic E-state index is 13.5. The van der Waals surface area contributed by atoms with Crippen LogP contribution in [0.4, 0.5) is 8.78 Å². The van der Waals surface area contributed by atoms with E-state index in [0.29, 0.717) is 11.3 Å². The fraction of sp³-hybridized carbons (Fsp3) is 0.188. The van der Waals surface area contributed by atoms with Crippen molar-refractivity contribution in [3.63, 3.8) is 0 Å². The van der Waals surface area contributed by atoms with Gasteiger partial charge in [-0.25, -0.2) is 8.78 Å². The second kappa shape index (κ2) is 7.00. The predicted octanol–water partition coefficient (Wildman–Crippen LogP) is 2.44. The van der Waals surface area contributed by atoms with Crippen LogP contribution in [-0.4, -0.2) is 24.7 Å². The van der Waals surface area contributed by atoms with Crippen LogP contribution in [0.1, 0.15) is 22.0 Å². The number of ether oxygens (including phenoxy) is 1. The van der Waals surface area contributed by atoms with Crippen molar-refractivity contribution in [1.29, 1.82) is 0 Å². The van der Waals surface area contributed by atoms with E-state index in [-0.39, 0.29) is 6.54 Å². The van der Waals surface area contributed by atoms with Crippen molar-refractivity contribution in [2.75, 3.05) is 13.7 Å². The first kappa shape index (κ1) is 15.9. The van der Waals surface area contributed by atoms with Crippen molar-refractivity contribution in [2.45, 2.75) is 6.10 Å². The summed E-state index contributed by atoms with van der Waals surface area (Å²) >= 11 is 0. The summed E-state index contributed by atoms with van der Waals surface area (Å²) in [6, 6.07) is 10.1. The summed E-state index contributed by atoms with van der Waals surface area (Å²) in [5.41, 5.74) is 0.136. The quantitative estimate of drug-likeness (QED) is 0.892. The minimum atomic E-state index is -1.21. The summed E-state index contributed by atoms with van der Waals surface area (Å²) in [6.45, 7) is -0.137. The van der Waals surface area contributed by atoms with Crippen LogP contribution in [0.5, 0.6) is 5.75 Å². The van der Waals surface area contributed by atoms with Gasteiger partial charge >= 0.3 is 0 Å². The Morgan fingerprint density at radius 2 is 2.00 bits per heavy atom. The number of carbonyl (C=O) groups excluding carboxylic acids is 1. The van der Waals surface area contributed by atoms with Crippen molar-refractivity contribution in [2.24, 2.45) is 0 Å². The highest BCUT2D eigenvalue weighted by atomic mass is 19.2. The first-order chi connectivity index (χ1) is 10.5. The summed E-state index contributed by atoms with van der Waals surface area (Å²) in [5, 5.41) is 12.4. The molecule has 4 nitrogen and oxygen atoms in total. The van der Waals surface area contributed by atoms with Crippen LogP contribution in [0, 0.1) is 11.6 Å². The van der Waals surface area contributed by atoms with Crippen molar-refractivity contribution in [1.82, 2.24) is 5.32 Å². The average Bonchev–Trinajstić information content (AvgIpc) is 2.54. The van der Waals surface area contributed by atoms with E-state index >= 15 is 0 Å². The van der Waals surface area contributed by atoms with Crippen LogP contribution >= 0.6 is 0 Å². The van der Waals surface area contributed by atoms with E-state index in [4.69, 9.17) is 4.74 Å². The number of benzene rings is 2. The highest BCUT2D eigenvalue weighted by molar-refractivity contribution is 5.94. The van der Waals surface area contributed by atoms with E-state index in [1.165, 1.54) is 19.2 Å². The molecule has 2 aromatic carbocycles. The van der Waals surface area contributed by atoms with Crippen LogP contribution in [0.25, 0.3) is 0 Å². The Morgan fingerprint density at radius 1 is 1.27 bits per heavy atom. The number of methoxy groups -OCH3 is 1. The van der Waals surface area contributed by atoms with Crippen molar-refractivity contribution >= 4 is 5.91 Å². The summed E-state index contributed by atoms with van der Waals surface area (Å²) in [6.07, 6.45) is -0.990. The molecule has 0 aliphatic carbocycles. The normalized spacial score (nSPS) is 11.8. The van der Waals surface area contributed by atoms with Gasteiger partial charge in [0.05, 0.1) is 18.8 Å². The average molecular weight is 307 g/mol. The van der Waals surface area contributed by atoms with Gasteiger partial charge < -0.3 is 15.2 Å². The van der Waals surface area contributed by atoms with E-state index in [9.17, 15) is 18.7 Å². The summed E-state index contributed by atoms with van der Waals surface area (Å²) in [5.74, 6) is -2.53. The second-order valence-electron chi connectivity index (χ2n) is 4.60. The Bertz CT molecular complexity index is 676. The SMILES string of the molecule is COc1cccc(C(O)CNC(=O)c2cccc(F)c2F)c1. The lowest BCUT2D eigenvalue weighted by Gasteiger charge is -2.13. The number of nitrogens with one attached hydrogen (secondary N) is 1. The molecule has 0 saturated heterocycles. The molecule has 1 atom stereocenters. The molecule has 1 amide bonds. The predicted molar refractivity (Wildman–Crippen MR) is 76.6 cm³/mol. The van der Waals surface area contributed by atoms with Crippen LogP contribution < -0.4 is 10.1 Å². The largest absolute Gasteiger partial charge is 0.497 e. The molecule has 0 spiro atoms. The molecule has 0 radical (unpaired) electrons. The standard InChI is InChI=1S/C16H15F2NO3/c1-22-11-5-2-4-10(8-11)14(20)9-19-16(21)12-6-3-7-13(17)15(12)18/h2-8,14,20H,9H2,1H3,(H,19,21). The number of halogens is 2. The minimum absolute atomic E-state index is 0.137. The van der Waals surface area contributed by atoms with Gasteiger partial charge in [-0.15, -0.1) is 0 Å². The van der Waals surface area contributed by atoms with E-state index < -0.39 is 29.2 Å². The minimum Gasteiger partial charge on any atom is -0.497 e. The van der Waals surface area contributed by atoms with Crippen LogP contribution in [0.2, 0.25) is 0 Å². The van der Waals surface area contributed by atoms with Crippen LogP contribution in [-0.2, 0) is 0 Å². The van der Waals surface area contributed by atoms with E-state index in [2.05, 4.69) is 5.32 Å². The topological polar surface area (TPSA) is 58.6 Å². The number of amides is 1. The molecule has 0 aromatic heterocycles. The number of hydrogen-bond acceptors (Lipinski definition) is 3. The molecule has 6 heteroatoms. The highest BCUT2D eigenvalue weighted by Gasteiger charge is 2.16. The Kier molecular flexibility index (Phi) is 5.06. The molecule has 0 bridgehead atoms. The lowest BCUT2D eigenvalue weighted by atomic mass is 10.1. The van der Waals surface area contributed by atoms with Gasteiger partial charge in [-0.2, -0.15) is 0 Å². The maximum Gasteiger partial charge on any atom is 0.254 e. The molecular formula is C16H15F2NO3. The molecule has 116 valence electrons. The summed E-state index contributed by atoms with van der Waals surface area (Å²) in [7, 11) is 1.50. The fourth-order valence-corrected chi connectivity index (χ4v) is 1.93. The molecule has 0 saturated carbocycles. The van der Waals surface area contributed by atoms with Crippen molar-refractivity contribution in [3.05, 3.63) is 65.2 Å². The first-order valence-electron chi connectivity index (χ1n) is 6.57. The molecule has 0 aliphatic heterocycles. The molecule has 0 heterocycles. The van der Waals surface area contributed by atoms with Gasteiger partial charge in [-0.1, -0.05) is 18.2 Å². The number of hydrogen-bond donors (Lipinski definition) is 2. The third-order valence-electron chi connectivity index (χ3n) is 3.13. The van der Waals surface area contributed by atoms with Gasteiger partial charge in [0, 0.05) is 6.54 Å². The molecule has 0 aliphatic rings. The molecule has 2 aromatic rings. The molecule has 2 rings (SSSR count). The Morgan fingerprint density at radius 3 is 2.73 bits per heavy atom. The Labute approximate surface area is 126 Å². The smallest absolute Gasteiger partial charge is 0.254 e. The summed E-state index contributed by atoms with van der Waals surface area (Å²) < 4.78 is 31.6. The van der Waals surface area contributed by atoms with Gasteiger partial charge in [0.2, 0.25) is 0 Å². The third kappa shape index (κ3) is 3.59.